The van der Waals surface area contributed by atoms with E-state index in [-0.39, 0.29) is 18.2 Å². The normalized spacial score (nSPS) is 10.1. The molecule has 0 bridgehead atoms. The highest BCUT2D eigenvalue weighted by Gasteiger charge is 2.08. The van der Waals surface area contributed by atoms with Crippen molar-refractivity contribution in [3.63, 3.8) is 0 Å². The topological polar surface area (TPSA) is 58.2 Å². The number of thiophene rings is 1. The number of benzene rings is 1. The zero-order chi connectivity index (χ0) is 15.1. The average molecular weight is 302 g/mol. The predicted octanol–water partition coefficient (Wildman–Crippen LogP) is 2.49. The molecular weight excluding hydrogens is 284 g/mol. The SMILES string of the molecule is Cc1ccccc1C(=O)NCCC(=O)NCc1cccs1. The van der Waals surface area contributed by atoms with Gasteiger partial charge in [-0.2, -0.15) is 0 Å². The van der Waals surface area contributed by atoms with Gasteiger partial charge in [-0.3, -0.25) is 9.59 Å². The number of carbonyl (C=O) groups is 2. The fourth-order valence-electron chi connectivity index (χ4n) is 1.90. The molecule has 0 radical (unpaired) electrons. The second kappa shape index (κ2) is 7.59. The quantitative estimate of drug-likeness (QED) is 0.861. The van der Waals surface area contributed by atoms with Crippen LogP contribution in [0.3, 0.4) is 0 Å². The third-order valence-corrected chi connectivity index (χ3v) is 3.94. The van der Waals surface area contributed by atoms with Gasteiger partial charge in [-0.25, -0.2) is 0 Å². The van der Waals surface area contributed by atoms with Crippen LogP contribution in [0.1, 0.15) is 27.2 Å². The van der Waals surface area contributed by atoms with Gasteiger partial charge in [0.2, 0.25) is 5.91 Å². The van der Waals surface area contributed by atoms with Gasteiger partial charge in [0.15, 0.2) is 0 Å². The van der Waals surface area contributed by atoms with Crippen LogP contribution >= 0.6 is 11.3 Å². The van der Waals surface area contributed by atoms with Crippen LogP contribution in [0.2, 0.25) is 0 Å². The number of hydrogen-bond donors (Lipinski definition) is 2. The van der Waals surface area contributed by atoms with E-state index >= 15 is 0 Å². The lowest BCUT2D eigenvalue weighted by atomic mass is 10.1. The summed E-state index contributed by atoms with van der Waals surface area (Å²) >= 11 is 1.61. The first-order chi connectivity index (χ1) is 10.2. The van der Waals surface area contributed by atoms with Crippen LogP contribution in [0.5, 0.6) is 0 Å². The van der Waals surface area contributed by atoms with E-state index in [1.54, 1.807) is 17.4 Å². The van der Waals surface area contributed by atoms with E-state index in [1.165, 1.54) is 0 Å². The molecule has 0 saturated carbocycles. The van der Waals surface area contributed by atoms with Crippen LogP contribution in [0.25, 0.3) is 0 Å². The molecule has 4 nitrogen and oxygen atoms in total. The summed E-state index contributed by atoms with van der Waals surface area (Å²) < 4.78 is 0. The zero-order valence-corrected chi connectivity index (χ0v) is 12.7. The number of aryl methyl sites for hydroxylation is 1. The minimum absolute atomic E-state index is 0.0616. The summed E-state index contributed by atoms with van der Waals surface area (Å²) in [6, 6.07) is 11.3. The highest BCUT2D eigenvalue weighted by molar-refractivity contribution is 7.09. The van der Waals surface area contributed by atoms with Crippen molar-refractivity contribution in [2.45, 2.75) is 19.9 Å². The Balaban J connectivity index is 1.70. The van der Waals surface area contributed by atoms with Crippen molar-refractivity contribution in [2.24, 2.45) is 0 Å². The Morgan fingerprint density at radius 3 is 2.62 bits per heavy atom. The van der Waals surface area contributed by atoms with Crippen molar-refractivity contribution < 1.29 is 9.59 Å². The first-order valence-corrected chi connectivity index (χ1v) is 7.67. The Bertz CT molecular complexity index is 608. The molecule has 2 aromatic rings. The molecule has 0 atom stereocenters. The molecule has 0 aliphatic carbocycles. The molecule has 2 amide bonds. The van der Waals surface area contributed by atoms with Crippen molar-refractivity contribution in [3.05, 3.63) is 57.8 Å². The van der Waals surface area contributed by atoms with Gasteiger partial charge in [0.05, 0.1) is 6.54 Å². The Morgan fingerprint density at radius 1 is 1.10 bits per heavy atom. The summed E-state index contributed by atoms with van der Waals surface area (Å²) in [5.41, 5.74) is 1.58. The molecule has 0 saturated heterocycles. The maximum Gasteiger partial charge on any atom is 0.251 e. The van der Waals surface area contributed by atoms with E-state index in [2.05, 4.69) is 10.6 Å². The van der Waals surface area contributed by atoms with Gasteiger partial charge in [-0.1, -0.05) is 24.3 Å². The number of nitrogens with one attached hydrogen (secondary N) is 2. The Hall–Kier alpha value is -2.14. The average Bonchev–Trinajstić information content (AvgIpc) is 2.99. The largest absolute Gasteiger partial charge is 0.352 e. The summed E-state index contributed by atoms with van der Waals surface area (Å²) in [5, 5.41) is 7.57. The molecule has 110 valence electrons. The lowest BCUT2D eigenvalue weighted by molar-refractivity contribution is -0.121. The smallest absolute Gasteiger partial charge is 0.251 e. The van der Waals surface area contributed by atoms with E-state index in [0.29, 0.717) is 18.7 Å². The lowest BCUT2D eigenvalue weighted by Gasteiger charge is -2.07. The van der Waals surface area contributed by atoms with Crippen LogP contribution in [0.4, 0.5) is 0 Å². The lowest BCUT2D eigenvalue weighted by Crippen LogP contribution is -2.30. The van der Waals surface area contributed by atoms with Gasteiger partial charge in [-0.05, 0) is 30.0 Å². The van der Waals surface area contributed by atoms with Crippen LogP contribution in [0.15, 0.2) is 41.8 Å². The monoisotopic (exact) mass is 302 g/mol. The molecule has 5 heteroatoms. The molecule has 1 aromatic carbocycles. The molecule has 2 N–H and O–H groups in total. The Kier molecular flexibility index (Phi) is 5.51. The highest BCUT2D eigenvalue weighted by atomic mass is 32.1. The van der Waals surface area contributed by atoms with E-state index < -0.39 is 0 Å². The highest BCUT2D eigenvalue weighted by Crippen LogP contribution is 2.07. The predicted molar refractivity (Wildman–Crippen MR) is 84.3 cm³/mol. The van der Waals surface area contributed by atoms with Gasteiger partial charge in [0, 0.05) is 23.4 Å². The summed E-state index contributed by atoms with van der Waals surface area (Å²) in [6.45, 7) is 2.77. The minimum atomic E-state index is -0.140. The zero-order valence-electron chi connectivity index (χ0n) is 11.9. The van der Waals surface area contributed by atoms with Crippen molar-refractivity contribution in [1.29, 1.82) is 0 Å². The van der Waals surface area contributed by atoms with E-state index in [4.69, 9.17) is 0 Å². The van der Waals surface area contributed by atoms with Gasteiger partial charge < -0.3 is 10.6 Å². The molecule has 21 heavy (non-hydrogen) atoms. The third kappa shape index (κ3) is 4.72. The number of hydrogen-bond acceptors (Lipinski definition) is 3. The molecule has 0 unspecified atom stereocenters. The Labute approximate surface area is 128 Å². The van der Waals surface area contributed by atoms with Gasteiger partial charge >= 0.3 is 0 Å². The van der Waals surface area contributed by atoms with Gasteiger partial charge in [-0.15, -0.1) is 11.3 Å². The fraction of sp³-hybridized carbons (Fsp3) is 0.250. The van der Waals surface area contributed by atoms with E-state index in [1.807, 2.05) is 42.6 Å². The summed E-state index contributed by atoms with van der Waals surface area (Å²) in [4.78, 5) is 24.7. The van der Waals surface area contributed by atoms with Crippen LogP contribution < -0.4 is 10.6 Å². The maximum absolute atomic E-state index is 12.0. The molecular formula is C16H18N2O2S. The molecule has 0 aliphatic heterocycles. The minimum Gasteiger partial charge on any atom is -0.352 e. The van der Waals surface area contributed by atoms with E-state index in [0.717, 1.165) is 10.4 Å². The Morgan fingerprint density at radius 2 is 1.90 bits per heavy atom. The fourth-order valence-corrected chi connectivity index (χ4v) is 2.54. The number of amides is 2. The molecule has 0 aliphatic rings. The first-order valence-electron chi connectivity index (χ1n) is 6.79. The standard InChI is InChI=1S/C16H18N2O2S/c1-12-5-2-3-7-14(12)16(20)17-9-8-15(19)18-11-13-6-4-10-21-13/h2-7,10H,8-9,11H2,1H3,(H,17,20)(H,18,19). The molecule has 0 spiro atoms. The summed E-state index contributed by atoms with van der Waals surface area (Å²) in [5.74, 6) is -0.201. The summed E-state index contributed by atoms with van der Waals surface area (Å²) in [7, 11) is 0. The maximum atomic E-state index is 12.0. The molecule has 0 fully saturated rings. The summed E-state index contributed by atoms with van der Waals surface area (Å²) in [6.07, 6.45) is 0.281. The molecule has 1 heterocycles. The van der Waals surface area contributed by atoms with Crippen molar-refractivity contribution in [3.8, 4) is 0 Å². The van der Waals surface area contributed by atoms with E-state index in [9.17, 15) is 9.59 Å². The molecule has 1 aromatic heterocycles. The number of rotatable bonds is 6. The van der Waals surface area contributed by atoms with Crippen LogP contribution in [0, 0.1) is 6.92 Å². The van der Waals surface area contributed by atoms with Crippen molar-refractivity contribution in [1.82, 2.24) is 10.6 Å². The van der Waals surface area contributed by atoms with Gasteiger partial charge in [0.1, 0.15) is 0 Å². The second-order valence-corrected chi connectivity index (χ2v) is 5.71. The van der Waals surface area contributed by atoms with Crippen molar-refractivity contribution >= 4 is 23.2 Å². The first kappa shape index (κ1) is 15.3. The third-order valence-electron chi connectivity index (χ3n) is 3.07. The van der Waals surface area contributed by atoms with Crippen LogP contribution in [-0.2, 0) is 11.3 Å². The van der Waals surface area contributed by atoms with Gasteiger partial charge in [0.25, 0.3) is 5.91 Å². The molecule has 2 rings (SSSR count). The van der Waals surface area contributed by atoms with Crippen molar-refractivity contribution in [2.75, 3.05) is 6.54 Å². The second-order valence-electron chi connectivity index (χ2n) is 4.68. The van der Waals surface area contributed by atoms with Crippen LogP contribution in [-0.4, -0.2) is 18.4 Å². The number of carbonyl (C=O) groups excluding carboxylic acids is 2.